The summed E-state index contributed by atoms with van der Waals surface area (Å²) in [6.45, 7) is 0. The summed E-state index contributed by atoms with van der Waals surface area (Å²) in [5.74, 6) is -0.626. The Bertz CT molecular complexity index is 767. The molecule has 0 atom stereocenters. The summed E-state index contributed by atoms with van der Waals surface area (Å²) in [5.41, 5.74) is 6.17. The Morgan fingerprint density at radius 3 is 2.84 bits per heavy atom. The number of hydrogen-bond donors (Lipinski definition) is 2. The van der Waals surface area contributed by atoms with Crippen LogP contribution < -0.4 is 5.73 Å². The number of fused-ring (bicyclic) bond motifs is 1. The second kappa shape index (κ2) is 4.02. The van der Waals surface area contributed by atoms with Gasteiger partial charge in [0.2, 0.25) is 5.82 Å². The third kappa shape index (κ3) is 1.75. The Kier molecular flexibility index (Phi) is 2.34. The molecule has 0 amide bonds. The largest absolute Gasteiger partial charge is 0.477 e. The molecule has 0 bridgehead atoms. The maximum Gasteiger partial charge on any atom is 0.341 e. The second-order valence-electron chi connectivity index (χ2n) is 3.72. The molecule has 0 aliphatic carbocycles. The lowest BCUT2D eigenvalue weighted by atomic mass is 10.3. The third-order valence-electron chi connectivity index (χ3n) is 2.53. The molecule has 94 valence electrons. The first-order chi connectivity index (χ1) is 9.16. The molecule has 3 heterocycles. The molecular weight excluding hydrogens is 248 g/mol. The van der Waals surface area contributed by atoms with Crippen LogP contribution in [-0.2, 0) is 0 Å². The van der Waals surface area contributed by atoms with E-state index in [1.807, 2.05) is 0 Å². The standard InChI is InChI=1S/C11H8N6O2/c12-8-6(10(18)19)5-14-11-15-9(16-17(8)11)7-3-1-2-4-13-7/h1-5H,12H2,(H,18,19). The van der Waals surface area contributed by atoms with E-state index in [9.17, 15) is 4.79 Å². The first kappa shape index (κ1) is 11.1. The molecule has 3 aromatic heterocycles. The number of hydrogen-bond acceptors (Lipinski definition) is 6. The van der Waals surface area contributed by atoms with E-state index in [-0.39, 0.29) is 17.2 Å². The van der Waals surface area contributed by atoms with Crippen LogP contribution >= 0.6 is 0 Å². The number of aromatic nitrogens is 5. The minimum absolute atomic E-state index is 0.0211. The first-order valence-corrected chi connectivity index (χ1v) is 5.33. The molecule has 0 spiro atoms. The Morgan fingerprint density at radius 1 is 1.32 bits per heavy atom. The summed E-state index contributed by atoms with van der Waals surface area (Å²) in [7, 11) is 0. The molecule has 0 aliphatic rings. The molecule has 0 aliphatic heterocycles. The van der Waals surface area contributed by atoms with E-state index in [0.29, 0.717) is 11.5 Å². The molecule has 0 saturated carbocycles. The number of nitrogens with zero attached hydrogens (tertiary/aromatic N) is 5. The average molecular weight is 256 g/mol. The molecule has 19 heavy (non-hydrogen) atoms. The monoisotopic (exact) mass is 256 g/mol. The Morgan fingerprint density at radius 2 is 2.16 bits per heavy atom. The number of rotatable bonds is 2. The van der Waals surface area contributed by atoms with Crippen molar-refractivity contribution in [3.05, 3.63) is 36.2 Å². The molecule has 3 N–H and O–H groups in total. The Balaban J connectivity index is 2.22. The number of carboxylic acids is 1. The molecule has 0 saturated heterocycles. The highest BCUT2D eigenvalue weighted by molar-refractivity contribution is 5.92. The number of aromatic carboxylic acids is 1. The van der Waals surface area contributed by atoms with Crippen molar-refractivity contribution in [1.29, 1.82) is 0 Å². The minimum Gasteiger partial charge on any atom is -0.477 e. The van der Waals surface area contributed by atoms with Crippen LogP contribution in [0.4, 0.5) is 5.82 Å². The zero-order valence-corrected chi connectivity index (χ0v) is 9.56. The summed E-state index contributed by atoms with van der Waals surface area (Å²) in [6.07, 6.45) is 2.77. The second-order valence-corrected chi connectivity index (χ2v) is 3.72. The molecule has 0 fully saturated rings. The number of carbonyl (C=O) groups is 1. The van der Waals surface area contributed by atoms with Crippen molar-refractivity contribution in [3.63, 3.8) is 0 Å². The van der Waals surface area contributed by atoms with Gasteiger partial charge in [0, 0.05) is 12.4 Å². The van der Waals surface area contributed by atoms with E-state index in [4.69, 9.17) is 10.8 Å². The SMILES string of the molecule is Nc1c(C(=O)O)cnc2nc(-c3ccccn3)nn12. The molecule has 8 heteroatoms. The van der Waals surface area contributed by atoms with Gasteiger partial charge in [-0.1, -0.05) is 6.07 Å². The maximum absolute atomic E-state index is 10.9. The molecule has 0 radical (unpaired) electrons. The average Bonchev–Trinajstić information content (AvgIpc) is 2.85. The van der Waals surface area contributed by atoms with Crippen LogP contribution in [0.15, 0.2) is 30.6 Å². The lowest BCUT2D eigenvalue weighted by Gasteiger charge is -2.00. The molecule has 8 nitrogen and oxygen atoms in total. The lowest BCUT2D eigenvalue weighted by molar-refractivity contribution is 0.0697. The van der Waals surface area contributed by atoms with Gasteiger partial charge in [-0.2, -0.15) is 9.50 Å². The van der Waals surface area contributed by atoms with Crippen LogP contribution in [0, 0.1) is 0 Å². The van der Waals surface area contributed by atoms with Crippen LogP contribution in [0.5, 0.6) is 0 Å². The van der Waals surface area contributed by atoms with Crippen molar-refractivity contribution in [2.24, 2.45) is 0 Å². The van der Waals surface area contributed by atoms with E-state index >= 15 is 0 Å². The van der Waals surface area contributed by atoms with Gasteiger partial charge in [-0.25, -0.2) is 9.78 Å². The van der Waals surface area contributed by atoms with Crippen molar-refractivity contribution in [2.45, 2.75) is 0 Å². The quantitative estimate of drug-likeness (QED) is 0.683. The highest BCUT2D eigenvalue weighted by Crippen LogP contribution is 2.16. The number of anilines is 1. The van der Waals surface area contributed by atoms with Gasteiger partial charge in [0.25, 0.3) is 5.78 Å². The predicted molar refractivity (Wildman–Crippen MR) is 65.4 cm³/mol. The van der Waals surface area contributed by atoms with Gasteiger partial charge in [-0.05, 0) is 12.1 Å². The van der Waals surface area contributed by atoms with Gasteiger partial charge in [-0.3, -0.25) is 4.98 Å². The van der Waals surface area contributed by atoms with Gasteiger partial charge in [-0.15, -0.1) is 5.10 Å². The van der Waals surface area contributed by atoms with E-state index < -0.39 is 5.97 Å². The van der Waals surface area contributed by atoms with Gasteiger partial charge in [0.1, 0.15) is 17.1 Å². The van der Waals surface area contributed by atoms with Gasteiger partial charge < -0.3 is 10.8 Å². The number of nitrogen functional groups attached to an aromatic ring is 1. The van der Waals surface area contributed by atoms with Crippen LogP contribution in [0.2, 0.25) is 0 Å². The molecule has 3 rings (SSSR count). The van der Waals surface area contributed by atoms with Crippen LogP contribution in [0.1, 0.15) is 10.4 Å². The van der Waals surface area contributed by atoms with Crippen molar-refractivity contribution < 1.29 is 9.90 Å². The first-order valence-electron chi connectivity index (χ1n) is 5.33. The Hall–Kier alpha value is -3.03. The van der Waals surface area contributed by atoms with Crippen LogP contribution in [-0.4, -0.2) is 35.6 Å². The number of nitrogens with two attached hydrogens (primary N) is 1. The zero-order chi connectivity index (χ0) is 13.4. The van der Waals surface area contributed by atoms with E-state index in [1.54, 1.807) is 24.4 Å². The number of pyridine rings is 1. The molecule has 0 unspecified atom stereocenters. The summed E-state index contributed by atoms with van der Waals surface area (Å²) >= 11 is 0. The van der Waals surface area contributed by atoms with Gasteiger partial charge >= 0.3 is 5.97 Å². The van der Waals surface area contributed by atoms with Crippen molar-refractivity contribution in [2.75, 3.05) is 5.73 Å². The topological polar surface area (TPSA) is 119 Å². The fourth-order valence-electron chi connectivity index (χ4n) is 1.62. The van der Waals surface area contributed by atoms with Crippen molar-refractivity contribution in [1.82, 2.24) is 24.6 Å². The fourth-order valence-corrected chi connectivity index (χ4v) is 1.62. The van der Waals surface area contributed by atoms with Crippen LogP contribution in [0.3, 0.4) is 0 Å². The smallest absolute Gasteiger partial charge is 0.341 e. The summed E-state index contributed by atoms with van der Waals surface area (Å²) in [4.78, 5) is 23.1. The van der Waals surface area contributed by atoms with Crippen molar-refractivity contribution in [3.8, 4) is 11.5 Å². The van der Waals surface area contributed by atoms with E-state index in [2.05, 4.69) is 20.1 Å². The molecular formula is C11H8N6O2. The maximum atomic E-state index is 10.9. The van der Waals surface area contributed by atoms with E-state index in [0.717, 1.165) is 6.20 Å². The summed E-state index contributed by atoms with van der Waals surface area (Å²) in [5, 5.41) is 13.1. The minimum atomic E-state index is -1.17. The van der Waals surface area contributed by atoms with Crippen LogP contribution in [0.25, 0.3) is 17.3 Å². The summed E-state index contributed by atoms with van der Waals surface area (Å²) < 4.78 is 1.19. The summed E-state index contributed by atoms with van der Waals surface area (Å²) in [6, 6.07) is 5.31. The van der Waals surface area contributed by atoms with Crippen molar-refractivity contribution >= 4 is 17.6 Å². The predicted octanol–water partition coefficient (Wildman–Crippen LogP) is 0.467. The van der Waals surface area contributed by atoms with Gasteiger partial charge in [0.15, 0.2) is 0 Å². The number of carboxylic acid groups (broad SMARTS) is 1. The molecule has 0 aromatic carbocycles. The fraction of sp³-hybridized carbons (Fsp3) is 0. The zero-order valence-electron chi connectivity index (χ0n) is 9.56. The Labute approximate surface area is 106 Å². The lowest BCUT2D eigenvalue weighted by Crippen LogP contribution is -2.09. The van der Waals surface area contributed by atoms with E-state index in [1.165, 1.54) is 4.52 Å². The van der Waals surface area contributed by atoms with Gasteiger partial charge in [0.05, 0.1) is 0 Å². The highest BCUT2D eigenvalue weighted by Gasteiger charge is 2.16. The highest BCUT2D eigenvalue weighted by atomic mass is 16.4. The molecule has 3 aromatic rings. The third-order valence-corrected chi connectivity index (χ3v) is 2.53. The normalized spacial score (nSPS) is 10.7.